The number of hydroxylamine groups is 4. The van der Waals surface area contributed by atoms with Crippen LogP contribution >= 0.6 is 0 Å². The highest BCUT2D eigenvalue weighted by atomic mass is 16.7. The van der Waals surface area contributed by atoms with Crippen molar-refractivity contribution in [2.75, 3.05) is 37.8 Å². The van der Waals surface area contributed by atoms with Crippen molar-refractivity contribution in [1.29, 1.82) is 0 Å². The van der Waals surface area contributed by atoms with Crippen molar-refractivity contribution < 1.29 is 68.4 Å². The standard InChI is InChI=1S/C27H30N2O3.C24H25NO2.C22H28N2O3.C21H25NO5/c1-29-19-7-12-25(21-29)17-18-27(31)32-28-26(30)20-24-15-13-23(14-16-24)11-6-5-10-22-8-3-2-4-9-22;26-24(25-27)23(21-13-5-2-6-14-21)22-17-15-20(16-18-22)12-8-7-11-19-9-3-1-4-10-19;25-22(23-26)17-20-10-8-18(9-11-20)4-1-2-5-19-6-3-7-21(16-19)24-12-14-27-15-13-24;23-15-19(24)21(26)27-22-20(25)14-18-12-10-17(11-13-18)9-5-4-8-16-6-2-1-3-7-16/h2-4,7-9,12-16,19,21H,5-6,10-11,17-18,20H2,1H3;1-6,9-10,13-18,23,27H,7-8,11-12H2,(H,25,26);3,6-11,16,26H,1-2,4-5,12-15,17H2,(H,23,25);1-3,6-7,10-13,19,23-24H,4-5,8-9,14-15H2,(H,22,25)/p+1. The molecular weight excluding hydrogens is 1420 g/mol. The number of amides is 4. The van der Waals surface area contributed by atoms with Crippen molar-refractivity contribution in [3.63, 3.8) is 0 Å². The van der Waals surface area contributed by atoms with E-state index in [9.17, 15) is 28.8 Å². The van der Waals surface area contributed by atoms with Crippen LogP contribution in [0.2, 0.25) is 0 Å². The number of nitrogens with one attached hydrogen (secondary N) is 4. The average Bonchev–Trinajstić information content (AvgIpc) is 0.824. The number of hydrogen-bond acceptors (Lipinski definition) is 14. The van der Waals surface area contributed by atoms with Gasteiger partial charge in [0.05, 0.1) is 51.4 Å². The van der Waals surface area contributed by atoms with Gasteiger partial charge in [-0.05, 0) is 200 Å². The van der Waals surface area contributed by atoms with E-state index in [1.54, 1.807) is 11.0 Å². The Morgan fingerprint density at radius 3 is 1.19 bits per heavy atom. The van der Waals surface area contributed by atoms with E-state index in [0.29, 0.717) is 6.42 Å². The second kappa shape index (κ2) is 50.4. The van der Waals surface area contributed by atoms with Gasteiger partial charge in [0, 0.05) is 30.4 Å². The lowest BCUT2D eigenvalue weighted by atomic mass is 9.90. The summed E-state index contributed by atoms with van der Waals surface area (Å²) >= 11 is 0. The summed E-state index contributed by atoms with van der Waals surface area (Å²) in [6.07, 6.45) is 21.0. The second-order valence-electron chi connectivity index (χ2n) is 28.2. The first-order valence-corrected chi connectivity index (χ1v) is 39.2. The number of aliphatic hydroxyl groups is 2. The van der Waals surface area contributed by atoms with Gasteiger partial charge in [-0.3, -0.25) is 29.6 Å². The average molecular weight is 1530 g/mol. The lowest BCUT2D eigenvalue weighted by Gasteiger charge is -2.29. The molecule has 11 rings (SSSR count). The molecule has 1 saturated heterocycles. The number of unbranched alkanes of at least 4 members (excludes halogenated alkanes) is 4. The minimum Gasteiger partial charge on any atom is -0.393 e. The van der Waals surface area contributed by atoms with Crippen LogP contribution in [0.15, 0.2) is 267 Å². The highest BCUT2D eigenvalue weighted by Crippen LogP contribution is 2.27. The molecule has 113 heavy (non-hydrogen) atoms. The number of anilines is 1. The molecule has 1 aliphatic heterocycles. The SMILES string of the molecule is C[n+]1cccc(CCC(=O)ONC(=O)Cc2ccc(CCCCc3ccccc3)cc2)c1.O=C(Cc1ccc(CCCCc2cccc(N3CCOCC3)c2)cc1)NO.O=C(Cc1ccc(CCCCc2ccccc2)cc1)NOC(=O)C(O)CO.O=C(NO)C(c1ccccc1)c1ccc(CCCCc2ccccc2)cc1. The molecule has 10 aromatic rings. The number of aromatic nitrogens is 1. The van der Waals surface area contributed by atoms with E-state index in [0.717, 1.165) is 162 Å². The first-order valence-electron chi connectivity index (χ1n) is 39.2. The van der Waals surface area contributed by atoms with Crippen molar-refractivity contribution in [2.24, 2.45) is 7.05 Å². The fourth-order valence-corrected chi connectivity index (χ4v) is 13.0. The third-order valence-electron chi connectivity index (χ3n) is 19.3. The van der Waals surface area contributed by atoms with Gasteiger partial charge in [0.1, 0.15) is 7.05 Å². The molecule has 19 nitrogen and oxygen atoms in total. The molecule has 4 amide bonds. The monoisotopic (exact) mass is 1530 g/mol. The molecule has 0 saturated carbocycles. The van der Waals surface area contributed by atoms with Crippen LogP contribution in [-0.2, 0) is 127 Å². The smallest absolute Gasteiger partial charge is 0.362 e. The van der Waals surface area contributed by atoms with Gasteiger partial charge in [-0.1, -0.05) is 231 Å². The number of nitrogens with zero attached hydrogens (tertiary/aromatic N) is 2. The molecule has 592 valence electrons. The van der Waals surface area contributed by atoms with E-state index >= 15 is 0 Å². The largest absolute Gasteiger partial charge is 0.393 e. The molecule has 0 radical (unpaired) electrons. The van der Waals surface area contributed by atoms with Crippen LogP contribution in [-0.4, -0.2) is 95.2 Å². The molecule has 1 aliphatic rings. The van der Waals surface area contributed by atoms with Crippen molar-refractivity contribution in [2.45, 2.75) is 147 Å². The molecule has 8 N–H and O–H groups in total. The number of pyridine rings is 1. The molecule has 2 unspecified atom stereocenters. The highest BCUT2D eigenvalue weighted by molar-refractivity contribution is 5.86. The number of morpholine rings is 1. The van der Waals surface area contributed by atoms with E-state index < -0.39 is 42.4 Å². The summed E-state index contributed by atoms with van der Waals surface area (Å²) in [5.74, 6) is -3.71. The summed E-state index contributed by atoms with van der Waals surface area (Å²) < 4.78 is 7.36. The summed E-state index contributed by atoms with van der Waals surface area (Å²) in [5, 5.41) is 35.3. The summed E-state index contributed by atoms with van der Waals surface area (Å²) in [7, 11) is 1.93. The molecule has 19 heteroatoms. The number of rotatable bonds is 35. The van der Waals surface area contributed by atoms with Gasteiger partial charge in [-0.25, -0.2) is 25.1 Å². The first kappa shape index (κ1) is 87.1. The molecule has 0 aliphatic carbocycles. The molecular formula is C94H109N6O13+. The Balaban J connectivity index is 0.000000189. The van der Waals surface area contributed by atoms with E-state index in [4.69, 9.17) is 30.2 Å². The van der Waals surface area contributed by atoms with Gasteiger partial charge in [-0.15, -0.1) is 0 Å². The van der Waals surface area contributed by atoms with Crippen molar-refractivity contribution >= 4 is 41.3 Å². The van der Waals surface area contributed by atoms with E-state index in [1.165, 1.54) is 50.2 Å². The minimum absolute atomic E-state index is 0.0524. The number of carbonyl (C=O) groups excluding carboxylic acids is 6. The van der Waals surface area contributed by atoms with Crippen LogP contribution in [0.5, 0.6) is 0 Å². The number of hydrogen-bond donors (Lipinski definition) is 8. The van der Waals surface area contributed by atoms with E-state index in [1.807, 2.05) is 151 Å². The van der Waals surface area contributed by atoms with Gasteiger partial charge in [-0.2, -0.15) is 11.0 Å². The van der Waals surface area contributed by atoms with Gasteiger partial charge in [0.15, 0.2) is 18.5 Å². The Hall–Kier alpha value is -11.5. The Labute approximate surface area is 664 Å². The maximum atomic E-state index is 12.2. The Bertz CT molecular complexity index is 4400. The van der Waals surface area contributed by atoms with Crippen LogP contribution in [0.3, 0.4) is 0 Å². The zero-order valence-electron chi connectivity index (χ0n) is 64.8. The van der Waals surface area contributed by atoms with Crippen molar-refractivity contribution in [3.05, 3.63) is 345 Å². The number of aryl methyl sites for hydroxylation is 10. The van der Waals surface area contributed by atoms with E-state index in [2.05, 4.69) is 149 Å². The summed E-state index contributed by atoms with van der Waals surface area (Å²) in [4.78, 5) is 81.9. The summed E-state index contributed by atoms with van der Waals surface area (Å²) in [5.41, 5.74) is 24.9. The Kier molecular flexibility index (Phi) is 38.9. The molecule has 2 atom stereocenters. The van der Waals surface area contributed by atoms with Gasteiger partial charge in [0.25, 0.3) is 17.7 Å². The van der Waals surface area contributed by atoms with Crippen molar-refractivity contribution in [1.82, 2.24) is 21.9 Å². The highest BCUT2D eigenvalue weighted by Gasteiger charge is 2.23. The number of ether oxygens (including phenoxy) is 1. The predicted molar refractivity (Wildman–Crippen MR) is 438 cm³/mol. The first-order chi connectivity index (χ1) is 55.2. The third kappa shape index (κ3) is 34.0. The maximum absolute atomic E-state index is 12.2. The molecule has 2 heterocycles. The van der Waals surface area contributed by atoms with Crippen molar-refractivity contribution in [3.8, 4) is 0 Å². The second-order valence-corrected chi connectivity index (χ2v) is 28.2. The molecule has 0 spiro atoms. The quantitative estimate of drug-likeness (QED) is 0.00795. The number of carbonyl (C=O) groups is 6. The zero-order valence-corrected chi connectivity index (χ0v) is 64.8. The predicted octanol–water partition coefficient (Wildman–Crippen LogP) is 13.6. The molecule has 1 fully saturated rings. The zero-order chi connectivity index (χ0) is 79.9. The Morgan fingerprint density at radius 2 is 0.770 bits per heavy atom. The Morgan fingerprint density at radius 1 is 0.407 bits per heavy atom. The summed E-state index contributed by atoms with van der Waals surface area (Å²) in [6, 6.07) is 85.7. The molecule has 0 bridgehead atoms. The van der Waals surface area contributed by atoms with Crippen LogP contribution in [0.4, 0.5) is 5.69 Å². The normalized spacial score (nSPS) is 12.0. The van der Waals surface area contributed by atoms with E-state index in [-0.39, 0.29) is 37.5 Å². The third-order valence-corrected chi connectivity index (χ3v) is 19.3. The fraction of sp³-hybridized carbons (Fsp3) is 0.309. The topological polar surface area (TPSA) is 266 Å². The maximum Gasteiger partial charge on any atom is 0.362 e. The number of aliphatic hydroxyl groups excluding tert-OH is 2. The van der Waals surface area contributed by atoms with Crippen LogP contribution < -0.4 is 31.4 Å². The summed E-state index contributed by atoms with van der Waals surface area (Å²) in [6.45, 7) is 2.81. The van der Waals surface area contributed by atoms with Crippen LogP contribution in [0.1, 0.15) is 142 Å². The van der Waals surface area contributed by atoms with Gasteiger partial charge < -0.3 is 29.5 Å². The van der Waals surface area contributed by atoms with Crippen LogP contribution in [0, 0.1) is 0 Å². The number of benzene rings is 9. The fourth-order valence-electron chi connectivity index (χ4n) is 13.0. The molecule has 1 aromatic heterocycles. The lowest BCUT2D eigenvalue weighted by molar-refractivity contribution is -0.671. The lowest BCUT2D eigenvalue weighted by Crippen LogP contribution is -2.36. The minimum atomic E-state index is -1.66. The van der Waals surface area contributed by atoms with Gasteiger partial charge >= 0.3 is 11.9 Å². The molecule has 9 aromatic carbocycles. The van der Waals surface area contributed by atoms with Crippen LogP contribution in [0.25, 0.3) is 0 Å². The van der Waals surface area contributed by atoms with Gasteiger partial charge in [0.2, 0.25) is 5.91 Å².